The van der Waals surface area contributed by atoms with Gasteiger partial charge >= 0.3 is 0 Å². The second-order valence-corrected chi connectivity index (χ2v) is 8.59. The molecular weight excluding hydrogens is 294 g/mol. The highest BCUT2D eigenvalue weighted by molar-refractivity contribution is 6.31. The Balaban J connectivity index is 1.71. The maximum absolute atomic E-state index is 11.0. The molecule has 2 aliphatic rings. The molecule has 1 aromatic carbocycles. The smallest absolute Gasteiger partial charge is 0.0722 e. The van der Waals surface area contributed by atoms with Gasteiger partial charge in [-0.1, -0.05) is 50.6 Å². The Labute approximate surface area is 139 Å². The molecule has 3 heteroatoms. The van der Waals surface area contributed by atoms with Crippen LogP contribution >= 0.6 is 11.6 Å². The molecule has 1 aromatic rings. The molecule has 22 heavy (non-hydrogen) atoms. The molecule has 0 saturated carbocycles. The van der Waals surface area contributed by atoms with Crippen molar-refractivity contribution in [2.45, 2.75) is 64.0 Å². The molecule has 2 saturated heterocycles. The van der Waals surface area contributed by atoms with Gasteiger partial charge in [0.15, 0.2) is 0 Å². The molecule has 0 amide bonds. The van der Waals surface area contributed by atoms with Crippen LogP contribution in [0.15, 0.2) is 24.3 Å². The number of hydrogen-bond donors (Lipinski definition) is 1. The Kier molecular flexibility index (Phi) is 4.30. The van der Waals surface area contributed by atoms with Crippen LogP contribution in [-0.2, 0) is 0 Å². The Morgan fingerprint density at radius 3 is 2.64 bits per heavy atom. The molecule has 0 spiro atoms. The molecule has 122 valence electrons. The topological polar surface area (TPSA) is 23.5 Å². The number of fused-ring (bicyclic) bond motifs is 1. The third-order valence-electron chi connectivity index (χ3n) is 5.95. The predicted molar refractivity (Wildman–Crippen MR) is 92.4 cm³/mol. The van der Waals surface area contributed by atoms with E-state index in [0.29, 0.717) is 12.0 Å². The number of nitrogens with zero attached hydrogens (tertiary/aromatic N) is 1. The first-order chi connectivity index (χ1) is 10.3. The maximum atomic E-state index is 11.0. The first kappa shape index (κ1) is 16.3. The molecule has 2 fully saturated rings. The van der Waals surface area contributed by atoms with Crippen molar-refractivity contribution in [2.75, 3.05) is 13.1 Å². The minimum absolute atomic E-state index is 0.0430. The van der Waals surface area contributed by atoms with E-state index in [9.17, 15) is 5.11 Å². The fourth-order valence-corrected chi connectivity index (χ4v) is 4.46. The quantitative estimate of drug-likeness (QED) is 0.825. The summed E-state index contributed by atoms with van der Waals surface area (Å²) in [5.41, 5.74) is 0.726. The van der Waals surface area contributed by atoms with E-state index >= 15 is 0 Å². The molecule has 2 heterocycles. The van der Waals surface area contributed by atoms with Crippen LogP contribution in [0.1, 0.15) is 57.9 Å². The highest BCUT2D eigenvalue weighted by atomic mass is 35.5. The Morgan fingerprint density at radius 2 is 1.95 bits per heavy atom. The predicted octanol–water partition coefficient (Wildman–Crippen LogP) is 4.46. The number of piperidine rings is 2. The fraction of sp³-hybridized carbons (Fsp3) is 0.684. The van der Waals surface area contributed by atoms with Crippen molar-refractivity contribution < 1.29 is 5.11 Å². The van der Waals surface area contributed by atoms with E-state index in [2.05, 4.69) is 37.8 Å². The first-order valence-corrected chi connectivity index (χ1v) is 8.89. The van der Waals surface area contributed by atoms with Crippen LogP contribution in [-0.4, -0.2) is 34.7 Å². The number of halogens is 1. The van der Waals surface area contributed by atoms with Gasteiger partial charge in [-0.3, -0.25) is 4.90 Å². The average Bonchev–Trinajstić information content (AvgIpc) is 2.46. The van der Waals surface area contributed by atoms with Gasteiger partial charge in [-0.25, -0.2) is 0 Å². The SMILES string of the molecule is CC(C)(C)[C@@]1(O)CCN2C[C@@H](c3ccccc3Cl)CC[C@@H]2C1. The van der Waals surface area contributed by atoms with E-state index in [1.165, 1.54) is 12.0 Å². The summed E-state index contributed by atoms with van der Waals surface area (Å²) in [6.45, 7) is 8.57. The molecule has 3 atom stereocenters. The number of aliphatic hydroxyl groups is 1. The number of hydrogen-bond acceptors (Lipinski definition) is 2. The lowest BCUT2D eigenvalue weighted by molar-refractivity contribution is -0.122. The lowest BCUT2D eigenvalue weighted by atomic mass is 9.67. The maximum Gasteiger partial charge on any atom is 0.0722 e. The van der Waals surface area contributed by atoms with Crippen LogP contribution < -0.4 is 0 Å². The summed E-state index contributed by atoms with van der Waals surface area (Å²) >= 11 is 6.38. The summed E-state index contributed by atoms with van der Waals surface area (Å²) < 4.78 is 0. The van der Waals surface area contributed by atoms with Gasteiger partial charge in [0.1, 0.15) is 0 Å². The second kappa shape index (κ2) is 5.81. The lowest BCUT2D eigenvalue weighted by Gasteiger charge is -2.52. The van der Waals surface area contributed by atoms with Crippen LogP contribution in [0.3, 0.4) is 0 Å². The molecule has 0 aliphatic carbocycles. The van der Waals surface area contributed by atoms with Gasteiger partial charge < -0.3 is 5.11 Å². The highest BCUT2D eigenvalue weighted by Gasteiger charge is 2.47. The fourth-order valence-electron chi connectivity index (χ4n) is 4.17. The summed E-state index contributed by atoms with van der Waals surface area (Å²) in [6.07, 6.45) is 4.12. The van der Waals surface area contributed by atoms with Gasteiger partial charge in [-0.15, -0.1) is 0 Å². The Bertz CT molecular complexity index is 538. The van der Waals surface area contributed by atoms with Crippen molar-refractivity contribution in [3.8, 4) is 0 Å². The zero-order valence-electron chi connectivity index (χ0n) is 14.0. The Hall–Kier alpha value is -0.570. The number of benzene rings is 1. The van der Waals surface area contributed by atoms with E-state index in [1.807, 2.05) is 12.1 Å². The van der Waals surface area contributed by atoms with E-state index in [0.717, 1.165) is 37.4 Å². The van der Waals surface area contributed by atoms with Crippen molar-refractivity contribution in [3.05, 3.63) is 34.9 Å². The minimum atomic E-state index is -0.522. The third kappa shape index (κ3) is 2.93. The molecule has 0 unspecified atom stereocenters. The van der Waals surface area contributed by atoms with Gasteiger partial charge in [0.25, 0.3) is 0 Å². The zero-order chi connectivity index (χ0) is 16.0. The lowest BCUT2D eigenvalue weighted by Crippen LogP contribution is -2.57. The van der Waals surface area contributed by atoms with Gasteiger partial charge in [0, 0.05) is 24.2 Å². The molecule has 0 aromatic heterocycles. The molecule has 2 aliphatic heterocycles. The normalized spacial score (nSPS) is 33.5. The summed E-state index contributed by atoms with van der Waals surface area (Å²) in [5.74, 6) is 0.533. The van der Waals surface area contributed by atoms with E-state index < -0.39 is 5.60 Å². The summed E-state index contributed by atoms with van der Waals surface area (Å²) in [5, 5.41) is 11.9. The van der Waals surface area contributed by atoms with Crippen LogP contribution in [0.25, 0.3) is 0 Å². The van der Waals surface area contributed by atoms with Crippen LogP contribution in [0.4, 0.5) is 0 Å². The summed E-state index contributed by atoms with van der Waals surface area (Å²) in [7, 11) is 0. The molecular formula is C19H28ClNO. The molecule has 3 rings (SSSR count). The third-order valence-corrected chi connectivity index (χ3v) is 6.29. The summed E-state index contributed by atoms with van der Waals surface area (Å²) in [4.78, 5) is 2.58. The Morgan fingerprint density at radius 1 is 1.23 bits per heavy atom. The monoisotopic (exact) mass is 321 g/mol. The first-order valence-electron chi connectivity index (χ1n) is 8.51. The molecule has 1 N–H and O–H groups in total. The van der Waals surface area contributed by atoms with Gasteiger partial charge in [0.2, 0.25) is 0 Å². The van der Waals surface area contributed by atoms with Crippen LogP contribution in [0.2, 0.25) is 5.02 Å². The van der Waals surface area contributed by atoms with Crippen molar-refractivity contribution in [3.63, 3.8) is 0 Å². The van der Waals surface area contributed by atoms with Crippen molar-refractivity contribution >= 4 is 11.6 Å². The second-order valence-electron chi connectivity index (χ2n) is 8.18. The minimum Gasteiger partial charge on any atom is -0.389 e. The summed E-state index contributed by atoms with van der Waals surface area (Å²) in [6, 6.07) is 8.78. The molecule has 0 bridgehead atoms. The van der Waals surface area contributed by atoms with Crippen LogP contribution in [0.5, 0.6) is 0 Å². The van der Waals surface area contributed by atoms with Gasteiger partial charge in [0.05, 0.1) is 5.60 Å². The number of rotatable bonds is 1. The van der Waals surface area contributed by atoms with E-state index in [4.69, 9.17) is 11.6 Å². The average molecular weight is 322 g/mol. The van der Waals surface area contributed by atoms with Crippen molar-refractivity contribution in [1.82, 2.24) is 4.90 Å². The largest absolute Gasteiger partial charge is 0.389 e. The van der Waals surface area contributed by atoms with Crippen molar-refractivity contribution in [1.29, 1.82) is 0 Å². The molecule has 0 radical (unpaired) electrons. The van der Waals surface area contributed by atoms with Crippen LogP contribution in [0, 0.1) is 5.41 Å². The van der Waals surface area contributed by atoms with Gasteiger partial charge in [-0.05, 0) is 48.6 Å². The van der Waals surface area contributed by atoms with Crippen molar-refractivity contribution in [2.24, 2.45) is 5.41 Å². The zero-order valence-corrected chi connectivity index (χ0v) is 14.7. The standard InChI is InChI=1S/C19H28ClNO/c1-18(2,3)19(22)10-11-21-13-14(8-9-15(21)12-19)16-6-4-5-7-17(16)20/h4-7,14-15,22H,8-13H2,1-3H3/t14-,15+,19+/m0/s1. The van der Waals surface area contributed by atoms with E-state index in [-0.39, 0.29) is 5.41 Å². The van der Waals surface area contributed by atoms with Gasteiger partial charge in [-0.2, -0.15) is 0 Å². The highest BCUT2D eigenvalue weighted by Crippen LogP contribution is 2.45. The molecule has 2 nitrogen and oxygen atoms in total. The van der Waals surface area contributed by atoms with E-state index in [1.54, 1.807) is 0 Å².